The maximum absolute atomic E-state index is 10.3. The maximum atomic E-state index is 10.3. The predicted molar refractivity (Wildman–Crippen MR) is 97.3 cm³/mol. The van der Waals surface area contributed by atoms with Crippen molar-refractivity contribution in [3.63, 3.8) is 0 Å². The van der Waals surface area contributed by atoms with E-state index < -0.39 is 0 Å². The second kappa shape index (κ2) is 7.06. The van der Waals surface area contributed by atoms with Crippen LogP contribution < -0.4 is 0 Å². The number of para-hydroxylation sites is 1. The average molecular weight is 305 g/mol. The van der Waals surface area contributed by atoms with Crippen LogP contribution in [0.4, 0.5) is 0 Å². The van der Waals surface area contributed by atoms with Crippen LogP contribution >= 0.6 is 0 Å². The SMILES string of the molecule is CC(CC(CC(C)C(C)(C)C)c1ccccc1O)C(C)(C)C. The topological polar surface area (TPSA) is 20.2 Å². The monoisotopic (exact) mass is 304 g/mol. The Labute approximate surface area is 138 Å². The van der Waals surface area contributed by atoms with Crippen LogP contribution in [-0.4, -0.2) is 5.11 Å². The largest absolute Gasteiger partial charge is 0.508 e. The van der Waals surface area contributed by atoms with Crippen LogP contribution in [0.25, 0.3) is 0 Å². The molecular weight excluding hydrogens is 268 g/mol. The molecule has 1 aromatic carbocycles. The lowest BCUT2D eigenvalue weighted by molar-refractivity contribution is 0.191. The minimum atomic E-state index is 0.299. The molecule has 0 bridgehead atoms. The number of hydrogen-bond donors (Lipinski definition) is 1. The van der Waals surface area contributed by atoms with Gasteiger partial charge in [0.05, 0.1) is 0 Å². The molecule has 1 nitrogen and oxygen atoms in total. The van der Waals surface area contributed by atoms with Gasteiger partial charge in [-0.25, -0.2) is 0 Å². The molecule has 0 saturated heterocycles. The Morgan fingerprint density at radius 2 is 1.23 bits per heavy atom. The Kier molecular flexibility index (Phi) is 6.12. The molecule has 0 amide bonds. The Morgan fingerprint density at radius 3 is 1.59 bits per heavy atom. The van der Waals surface area contributed by atoms with Crippen molar-refractivity contribution < 1.29 is 5.11 Å². The minimum absolute atomic E-state index is 0.299. The number of hydrogen-bond acceptors (Lipinski definition) is 1. The van der Waals surface area contributed by atoms with Crippen molar-refractivity contribution in [2.75, 3.05) is 0 Å². The molecule has 0 fully saturated rings. The average Bonchev–Trinajstić information content (AvgIpc) is 2.36. The highest BCUT2D eigenvalue weighted by Gasteiger charge is 2.29. The molecule has 0 spiro atoms. The van der Waals surface area contributed by atoms with Gasteiger partial charge in [0.2, 0.25) is 0 Å². The van der Waals surface area contributed by atoms with Gasteiger partial charge in [-0.05, 0) is 53.1 Å². The van der Waals surface area contributed by atoms with Crippen LogP contribution in [0.1, 0.15) is 79.7 Å². The van der Waals surface area contributed by atoms with Gasteiger partial charge < -0.3 is 5.11 Å². The first kappa shape index (κ1) is 19.1. The van der Waals surface area contributed by atoms with Crippen molar-refractivity contribution in [2.45, 2.75) is 74.1 Å². The molecule has 1 rings (SSSR count). The van der Waals surface area contributed by atoms with Gasteiger partial charge in [-0.1, -0.05) is 73.6 Å². The molecular formula is C21H36O. The fraction of sp³-hybridized carbons (Fsp3) is 0.714. The van der Waals surface area contributed by atoms with E-state index >= 15 is 0 Å². The van der Waals surface area contributed by atoms with Gasteiger partial charge in [0, 0.05) is 0 Å². The molecule has 1 aromatic rings. The second-order valence-electron chi connectivity index (χ2n) is 9.26. The van der Waals surface area contributed by atoms with Crippen molar-refractivity contribution in [3.8, 4) is 5.75 Å². The summed E-state index contributed by atoms with van der Waals surface area (Å²) in [4.78, 5) is 0. The Balaban J connectivity index is 3.03. The molecule has 22 heavy (non-hydrogen) atoms. The van der Waals surface area contributed by atoms with Gasteiger partial charge in [0.1, 0.15) is 5.75 Å². The first-order valence-electron chi connectivity index (χ1n) is 8.70. The van der Waals surface area contributed by atoms with Crippen molar-refractivity contribution in [2.24, 2.45) is 22.7 Å². The van der Waals surface area contributed by atoms with Crippen LogP contribution in [0.5, 0.6) is 5.75 Å². The highest BCUT2D eigenvalue weighted by Crippen LogP contribution is 2.42. The van der Waals surface area contributed by atoms with E-state index in [1.165, 1.54) is 0 Å². The van der Waals surface area contributed by atoms with Crippen molar-refractivity contribution in [3.05, 3.63) is 29.8 Å². The highest BCUT2D eigenvalue weighted by atomic mass is 16.3. The fourth-order valence-electron chi connectivity index (χ4n) is 2.74. The summed E-state index contributed by atoms with van der Waals surface area (Å²) in [5.41, 5.74) is 1.72. The van der Waals surface area contributed by atoms with Gasteiger partial charge in [-0.15, -0.1) is 0 Å². The lowest BCUT2D eigenvalue weighted by atomic mass is 9.70. The summed E-state index contributed by atoms with van der Waals surface area (Å²) < 4.78 is 0. The van der Waals surface area contributed by atoms with Crippen molar-refractivity contribution in [1.29, 1.82) is 0 Å². The van der Waals surface area contributed by atoms with Crippen LogP contribution in [-0.2, 0) is 0 Å². The number of aromatic hydroxyl groups is 1. The summed E-state index contributed by atoms with van der Waals surface area (Å²) >= 11 is 0. The predicted octanol–water partition coefficient (Wildman–Crippen LogP) is 6.62. The number of rotatable bonds is 5. The Morgan fingerprint density at radius 1 is 0.818 bits per heavy atom. The molecule has 1 N–H and O–H groups in total. The zero-order valence-electron chi connectivity index (χ0n) is 15.9. The van der Waals surface area contributed by atoms with Crippen LogP contribution in [0.3, 0.4) is 0 Å². The van der Waals surface area contributed by atoms with E-state index in [9.17, 15) is 5.11 Å². The lowest BCUT2D eigenvalue weighted by Crippen LogP contribution is -2.24. The molecule has 2 unspecified atom stereocenters. The summed E-state index contributed by atoms with van der Waals surface area (Å²) in [6.45, 7) is 18.6. The summed E-state index contributed by atoms with van der Waals surface area (Å²) in [5.74, 6) is 2.10. The summed E-state index contributed by atoms with van der Waals surface area (Å²) in [6, 6.07) is 7.89. The highest BCUT2D eigenvalue weighted by molar-refractivity contribution is 5.35. The molecule has 0 aliphatic rings. The first-order chi connectivity index (χ1) is 9.93. The Hall–Kier alpha value is -0.980. The third-order valence-corrected chi connectivity index (χ3v) is 5.61. The van der Waals surface area contributed by atoms with Gasteiger partial charge in [0.15, 0.2) is 0 Å². The van der Waals surface area contributed by atoms with Crippen LogP contribution in [0, 0.1) is 22.7 Å². The zero-order chi connectivity index (χ0) is 17.1. The van der Waals surface area contributed by atoms with E-state index in [4.69, 9.17) is 0 Å². The Bertz CT molecular complexity index is 440. The number of phenolic OH excluding ortho intramolecular Hbond substituents is 1. The molecule has 0 aliphatic carbocycles. The van der Waals surface area contributed by atoms with Gasteiger partial charge in [-0.2, -0.15) is 0 Å². The quantitative estimate of drug-likeness (QED) is 0.648. The lowest BCUT2D eigenvalue weighted by Gasteiger charge is -2.35. The van der Waals surface area contributed by atoms with Crippen LogP contribution in [0.15, 0.2) is 24.3 Å². The zero-order valence-corrected chi connectivity index (χ0v) is 15.9. The molecule has 0 radical (unpaired) electrons. The third-order valence-electron chi connectivity index (χ3n) is 5.61. The molecule has 0 aliphatic heterocycles. The van der Waals surface area contributed by atoms with E-state index in [2.05, 4.69) is 61.5 Å². The third kappa shape index (κ3) is 5.34. The smallest absolute Gasteiger partial charge is 0.119 e. The molecule has 2 atom stereocenters. The summed E-state index contributed by atoms with van der Waals surface area (Å²) in [5, 5.41) is 10.3. The first-order valence-corrected chi connectivity index (χ1v) is 8.70. The standard InChI is InChI=1S/C21H36O/c1-15(20(3,4)5)13-17(14-16(2)21(6,7)8)18-11-9-10-12-19(18)22/h9-12,15-17,22H,13-14H2,1-8H3. The molecule has 0 saturated carbocycles. The minimum Gasteiger partial charge on any atom is -0.508 e. The molecule has 1 heteroatoms. The van der Waals surface area contributed by atoms with E-state index in [1.54, 1.807) is 0 Å². The van der Waals surface area contributed by atoms with E-state index in [-0.39, 0.29) is 0 Å². The van der Waals surface area contributed by atoms with Gasteiger partial charge in [0.25, 0.3) is 0 Å². The van der Waals surface area contributed by atoms with E-state index in [0.717, 1.165) is 18.4 Å². The molecule has 0 aromatic heterocycles. The molecule has 0 heterocycles. The van der Waals surface area contributed by atoms with Crippen LogP contribution in [0.2, 0.25) is 0 Å². The van der Waals surface area contributed by atoms with E-state index in [0.29, 0.717) is 34.3 Å². The van der Waals surface area contributed by atoms with Crippen molar-refractivity contribution >= 4 is 0 Å². The summed E-state index contributed by atoms with van der Waals surface area (Å²) in [6.07, 6.45) is 2.25. The number of benzene rings is 1. The van der Waals surface area contributed by atoms with Gasteiger partial charge >= 0.3 is 0 Å². The number of phenols is 1. The maximum Gasteiger partial charge on any atom is 0.119 e. The van der Waals surface area contributed by atoms with E-state index in [1.807, 2.05) is 18.2 Å². The van der Waals surface area contributed by atoms with Gasteiger partial charge in [-0.3, -0.25) is 0 Å². The summed E-state index contributed by atoms with van der Waals surface area (Å²) in [7, 11) is 0. The molecule has 126 valence electrons. The van der Waals surface area contributed by atoms with Crippen molar-refractivity contribution in [1.82, 2.24) is 0 Å². The normalized spacial score (nSPS) is 17.1. The fourth-order valence-corrected chi connectivity index (χ4v) is 2.74. The second-order valence-corrected chi connectivity index (χ2v) is 9.26.